The van der Waals surface area contributed by atoms with Gasteiger partial charge >= 0.3 is 5.97 Å². The number of benzene rings is 1. The van der Waals surface area contributed by atoms with E-state index in [4.69, 9.17) is 10.5 Å². The van der Waals surface area contributed by atoms with Crippen LogP contribution >= 0.6 is 0 Å². The highest BCUT2D eigenvalue weighted by molar-refractivity contribution is 5.65. The number of carbonyl (C=O) groups is 1. The zero-order chi connectivity index (χ0) is 15.2. The Labute approximate surface area is 123 Å². The van der Waals surface area contributed by atoms with Crippen LogP contribution in [-0.2, 0) is 16.1 Å². The fourth-order valence-corrected chi connectivity index (χ4v) is 1.89. The minimum Gasteiger partial charge on any atom is -0.461 e. The van der Waals surface area contributed by atoms with Crippen LogP contribution in [0.3, 0.4) is 0 Å². The van der Waals surface area contributed by atoms with Crippen LogP contribution in [0.4, 0.5) is 0 Å². The fraction of sp³-hybridized carbons (Fsp3) is 0.588. The van der Waals surface area contributed by atoms with E-state index in [1.807, 2.05) is 44.2 Å². The normalized spacial score (nSPS) is 14.2. The van der Waals surface area contributed by atoms with Gasteiger partial charge in [0.2, 0.25) is 0 Å². The van der Waals surface area contributed by atoms with Gasteiger partial charge in [0.25, 0.3) is 0 Å². The molecule has 0 aromatic heterocycles. The Bertz CT molecular complexity index is 332. The largest absolute Gasteiger partial charge is 0.461 e. The van der Waals surface area contributed by atoms with Gasteiger partial charge in [-0.25, -0.2) is 0 Å². The van der Waals surface area contributed by atoms with Gasteiger partial charge in [0.1, 0.15) is 6.61 Å². The molecule has 1 aliphatic carbocycles. The van der Waals surface area contributed by atoms with Gasteiger partial charge in [-0.05, 0) is 18.4 Å². The van der Waals surface area contributed by atoms with Gasteiger partial charge in [0.05, 0.1) is 0 Å². The van der Waals surface area contributed by atoms with E-state index in [2.05, 4.69) is 0 Å². The van der Waals surface area contributed by atoms with Crippen LogP contribution < -0.4 is 5.73 Å². The molecule has 0 aliphatic heterocycles. The van der Waals surface area contributed by atoms with Crippen molar-refractivity contribution in [1.82, 2.24) is 0 Å². The first kappa shape index (κ1) is 18.7. The Kier molecular flexibility index (Phi) is 11.8. The first-order chi connectivity index (χ1) is 9.68. The van der Waals surface area contributed by atoms with Crippen LogP contribution in [0.2, 0.25) is 0 Å². The molecule has 114 valence electrons. The van der Waals surface area contributed by atoms with Gasteiger partial charge in [-0.1, -0.05) is 63.4 Å². The molecule has 1 aromatic carbocycles. The number of hydrogen-bond acceptors (Lipinski definition) is 3. The Morgan fingerprint density at radius 3 is 2.10 bits per heavy atom. The van der Waals surface area contributed by atoms with E-state index >= 15 is 0 Å². The Balaban J connectivity index is 0.000000345. The number of rotatable bonds is 2. The van der Waals surface area contributed by atoms with E-state index in [1.54, 1.807) is 0 Å². The van der Waals surface area contributed by atoms with Crippen LogP contribution in [0.1, 0.15) is 58.4 Å². The Morgan fingerprint density at radius 2 is 1.70 bits per heavy atom. The number of carbonyl (C=O) groups excluding carboxylic acids is 1. The van der Waals surface area contributed by atoms with Gasteiger partial charge in [0, 0.05) is 13.0 Å². The van der Waals surface area contributed by atoms with Crippen molar-refractivity contribution < 1.29 is 9.53 Å². The van der Waals surface area contributed by atoms with E-state index in [0.29, 0.717) is 12.6 Å². The van der Waals surface area contributed by atoms with Crippen molar-refractivity contribution in [3.63, 3.8) is 0 Å². The van der Waals surface area contributed by atoms with Crippen molar-refractivity contribution >= 4 is 5.97 Å². The van der Waals surface area contributed by atoms with Crippen molar-refractivity contribution in [3.05, 3.63) is 35.9 Å². The van der Waals surface area contributed by atoms with Gasteiger partial charge in [0.15, 0.2) is 0 Å². The quantitative estimate of drug-likeness (QED) is 0.831. The lowest BCUT2D eigenvalue weighted by molar-refractivity contribution is -0.142. The summed E-state index contributed by atoms with van der Waals surface area (Å²) in [7, 11) is 0. The Hall–Kier alpha value is -1.35. The predicted octanol–water partition coefficient (Wildman–Crippen LogP) is 4.05. The summed E-state index contributed by atoms with van der Waals surface area (Å²) in [6.07, 6.45) is 6.66. The molecular formula is C17H29NO2. The van der Waals surface area contributed by atoms with E-state index in [0.717, 1.165) is 5.56 Å². The van der Waals surface area contributed by atoms with Crippen molar-refractivity contribution in [1.29, 1.82) is 0 Å². The van der Waals surface area contributed by atoms with E-state index in [1.165, 1.54) is 39.0 Å². The standard InChI is InChI=1S/C9H10O2.C6H13N.C2H6/c1-8(10)11-7-9-5-3-2-4-6-9;7-6-4-2-1-3-5-6;1-2/h2-6H,7H2,1H3;6H,1-5,7H2;1-2H3. The SMILES string of the molecule is CC.CC(=O)OCc1ccccc1.NC1CCCCC1. The van der Waals surface area contributed by atoms with Crippen molar-refractivity contribution in [2.24, 2.45) is 5.73 Å². The van der Waals surface area contributed by atoms with E-state index < -0.39 is 0 Å². The lowest BCUT2D eigenvalue weighted by atomic mass is 9.97. The smallest absolute Gasteiger partial charge is 0.302 e. The molecule has 3 heteroatoms. The second-order valence-corrected chi connectivity index (χ2v) is 4.66. The molecule has 1 fully saturated rings. The summed E-state index contributed by atoms with van der Waals surface area (Å²) in [5, 5.41) is 0. The highest BCUT2D eigenvalue weighted by Crippen LogP contribution is 2.14. The average Bonchev–Trinajstić information content (AvgIpc) is 2.50. The van der Waals surface area contributed by atoms with Crippen LogP contribution in [-0.4, -0.2) is 12.0 Å². The van der Waals surface area contributed by atoms with Gasteiger partial charge in [-0.3, -0.25) is 4.79 Å². The number of nitrogens with two attached hydrogens (primary N) is 1. The van der Waals surface area contributed by atoms with Crippen molar-refractivity contribution in [3.8, 4) is 0 Å². The molecule has 0 heterocycles. The molecule has 0 radical (unpaired) electrons. The molecule has 0 amide bonds. The zero-order valence-electron chi connectivity index (χ0n) is 13.1. The van der Waals surface area contributed by atoms with Crippen molar-refractivity contribution in [2.45, 2.75) is 65.5 Å². The fourth-order valence-electron chi connectivity index (χ4n) is 1.89. The Morgan fingerprint density at radius 1 is 1.15 bits per heavy atom. The summed E-state index contributed by atoms with van der Waals surface area (Å²) < 4.78 is 4.79. The maximum atomic E-state index is 10.4. The zero-order valence-corrected chi connectivity index (χ0v) is 13.1. The minimum atomic E-state index is -0.242. The first-order valence-electron chi connectivity index (χ1n) is 7.61. The second kappa shape index (κ2) is 12.7. The summed E-state index contributed by atoms with van der Waals surface area (Å²) in [6.45, 7) is 5.78. The molecule has 1 aliphatic rings. The summed E-state index contributed by atoms with van der Waals surface area (Å²) in [4.78, 5) is 10.4. The van der Waals surface area contributed by atoms with Crippen molar-refractivity contribution in [2.75, 3.05) is 0 Å². The van der Waals surface area contributed by atoms with Gasteiger partial charge in [-0.2, -0.15) is 0 Å². The molecule has 0 saturated heterocycles. The van der Waals surface area contributed by atoms with Crippen LogP contribution in [0.15, 0.2) is 30.3 Å². The van der Waals surface area contributed by atoms with Crippen LogP contribution in [0.5, 0.6) is 0 Å². The lowest BCUT2D eigenvalue weighted by Crippen LogP contribution is -2.22. The maximum Gasteiger partial charge on any atom is 0.302 e. The predicted molar refractivity (Wildman–Crippen MR) is 84.3 cm³/mol. The molecule has 20 heavy (non-hydrogen) atoms. The monoisotopic (exact) mass is 279 g/mol. The third kappa shape index (κ3) is 10.6. The summed E-state index contributed by atoms with van der Waals surface area (Å²) in [5.74, 6) is -0.242. The third-order valence-corrected chi connectivity index (χ3v) is 2.93. The molecular weight excluding hydrogens is 250 g/mol. The summed E-state index contributed by atoms with van der Waals surface area (Å²) in [6, 6.07) is 10.1. The number of ether oxygens (including phenoxy) is 1. The van der Waals surface area contributed by atoms with Gasteiger partial charge in [-0.15, -0.1) is 0 Å². The topological polar surface area (TPSA) is 52.3 Å². The van der Waals surface area contributed by atoms with E-state index in [-0.39, 0.29) is 5.97 Å². The number of esters is 1. The highest BCUT2D eigenvalue weighted by Gasteiger charge is 2.06. The molecule has 2 rings (SSSR count). The molecule has 1 aromatic rings. The van der Waals surface area contributed by atoms with E-state index in [9.17, 15) is 4.79 Å². The van der Waals surface area contributed by atoms with Crippen LogP contribution in [0, 0.1) is 0 Å². The third-order valence-electron chi connectivity index (χ3n) is 2.93. The summed E-state index contributed by atoms with van der Waals surface area (Å²) >= 11 is 0. The minimum absolute atomic E-state index is 0.242. The molecule has 2 N–H and O–H groups in total. The molecule has 3 nitrogen and oxygen atoms in total. The first-order valence-corrected chi connectivity index (χ1v) is 7.61. The molecule has 0 atom stereocenters. The van der Waals surface area contributed by atoms with Gasteiger partial charge < -0.3 is 10.5 Å². The molecule has 0 bridgehead atoms. The lowest BCUT2D eigenvalue weighted by Gasteiger charge is -2.15. The summed E-state index contributed by atoms with van der Waals surface area (Å²) in [5.41, 5.74) is 6.65. The van der Waals surface area contributed by atoms with Crippen LogP contribution in [0.25, 0.3) is 0 Å². The molecule has 0 spiro atoms. The molecule has 0 unspecified atom stereocenters. The average molecular weight is 279 g/mol. The second-order valence-electron chi connectivity index (χ2n) is 4.66. The highest BCUT2D eigenvalue weighted by atomic mass is 16.5. The maximum absolute atomic E-state index is 10.4. The molecule has 1 saturated carbocycles. The number of hydrogen-bond donors (Lipinski definition) is 1.